The van der Waals surface area contributed by atoms with Gasteiger partial charge in [-0.3, -0.25) is 9.79 Å². The van der Waals surface area contributed by atoms with Gasteiger partial charge in [0.05, 0.1) is 22.9 Å². The highest BCUT2D eigenvalue weighted by Crippen LogP contribution is 2.22. The average Bonchev–Trinajstić information content (AvgIpc) is 3.10. The zero-order chi connectivity index (χ0) is 17.4. The van der Waals surface area contributed by atoms with Crippen molar-refractivity contribution in [2.45, 2.75) is 6.54 Å². The number of carbonyl (C=O) groups excluding carboxylic acids is 1. The van der Waals surface area contributed by atoms with Gasteiger partial charge in [-0.05, 0) is 30.3 Å². The highest BCUT2D eigenvalue weighted by atomic mass is 35.5. The summed E-state index contributed by atoms with van der Waals surface area (Å²) in [6.45, 7) is 1.48. The zero-order valence-corrected chi connectivity index (χ0v) is 14.6. The van der Waals surface area contributed by atoms with Crippen LogP contribution in [0.15, 0.2) is 46.0 Å². The molecule has 24 heavy (non-hydrogen) atoms. The Morgan fingerprint density at radius 1 is 1.12 bits per heavy atom. The number of amides is 1. The van der Waals surface area contributed by atoms with Gasteiger partial charge in [-0.2, -0.15) is 0 Å². The predicted molar refractivity (Wildman–Crippen MR) is 95.7 cm³/mol. The summed E-state index contributed by atoms with van der Waals surface area (Å²) >= 11 is 11.7. The number of nitrogens with one attached hydrogen (secondary N) is 3. The number of nitrogens with zero attached hydrogens (tertiary/aromatic N) is 1. The van der Waals surface area contributed by atoms with E-state index in [4.69, 9.17) is 27.6 Å². The maximum Gasteiger partial charge on any atom is 0.251 e. The molecule has 6 nitrogen and oxygen atoms in total. The Morgan fingerprint density at radius 2 is 1.92 bits per heavy atom. The molecule has 0 spiro atoms. The van der Waals surface area contributed by atoms with E-state index in [2.05, 4.69) is 20.9 Å². The number of aliphatic imine (C=N–C) groups is 1. The topological polar surface area (TPSA) is 78.7 Å². The van der Waals surface area contributed by atoms with Crippen LogP contribution in [-0.4, -0.2) is 32.0 Å². The van der Waals surface area contributed by atoms with Gasteiger partial charge in [0.1, 0.15) is 5.76 Å². The monoisotopic (exact) mass is 368 g/mol. The third-order valence-electron chi connectivity index (χ3n) is 3.12. The van der Waals surface area contributed by atoms with Crippen molar-refractivity contribution >= 4 is 35.1 Å². The minimum atomic E-state index is -0.214. The standard InChI is InChI=1S/C16H18Cl2N4O2/c1-19-16(22-10-12-3-2-8-24-12)21-7-6-20-15(23)11-4-5-13(17)14(18)9-11/h2-5,8-9H,6-7,10H2,1H3,(H,20,23)(H2,19,21,22). The van der Waals surface area contributed by atoms with E-state index in [9.17, 15) is 4.79 Å². The van der Waals surface area contributed by atoms with Crippen molar-refractivity contribution in [1.29, 1.82) is 0 Å². The molecule has 1 aromatic heterocycles. The van der Waals surface area contributed by atoms with Crippen LogP contribution in [-0.2, 0) is 6.54 Å². The maximum absolute atomic E-state index is 12.0. The van der Waals surface area contributed by atoms with Crippen molar-refractivity contribution < 1.29 is 9.21 Å². The molecule has 0 saturated carbocycles. The molecule has 0 aliphatic carbocycles. The molecule has 3 N–H and O–H groups in total. The minimum Gasteiger partial charge on any atom is -0.467 e. The normalized spacial score (nSPS) is 11.2. The van der Waals surface area contributed by atoms with E-state index in [1.807, 2.05) is 12.1 Å². The van der Waals surface area contributed by atoms with Gasteiger partial charge >= 0.3 is 0 Å². The van der Waals surface area contributed by atoms with E-state index in [-0.39, 0.29) is 5.91 Å². The molecule has 2 aromatic rings. The van der Waals surface area contributed by atoms with Crippen LogP contribution in [0.4, 0.5) is 0 Å². The first kappa shape index (κ1) is 18.2. The molecule has 2 rings (SSSR count). The highest BCUT2D eigenvalue weighted by Gasteiger charge is 2.07. The largest absolute Gasteiger partial charge is 0.467 e. The Balaban J connectivity index is 1.70. The van der Waals surface area contributed by atoms with Crippen molar-refractivity contribution in [1.82, 2.24) is 16.0 Å². The van der Waals surface area contributed by atoms with Crippen molar-refractivity contribution in [3.63, 3.8) is 0 Å². The minimum absolute atomic E-state index is 0.214. The number of carbonyl (C=O) groups is 1. The van der Waals surface area contributed by atoms with E-state index in [1.54, 1.807) is 25.4 Å². The summed E-state index contributed by atoms with van der Waals surface area (Å²) in [4.78, 5) is 16.1. The molecule has 1 amide bonds. The van der Waals surface area contributed by atoms with Crippen molar-refractivity contribution in [3.8, 4) is 0 Å². The summed E-state index contributed by atoms with van der Waals surface area (Å²) < 4.78 is 5.23. The van der Waals surface area contributed by atoms with Crippen LogP contribution >= 0.6 is 23.2 Å². The maximum atomic E-state index is 12.0. The Hall–Kier alpha value is -2.18. The van der Waals surface area contributed by atoms with Crippen LogP contribution in [0.2, 0.25) is 10.0 Å². The van der Waals surface area contributed by atoms with Gasteiger partial charge in [0, 0.05) is 25.7 Å². The lowest BCUT2D eigenvalue weighted by molar-refractivity contribution is 0.0954. The Morgan fingerprint density at radius 3 is 2.58 bits per heavy atom. The number of rotatable bonds is 6. The van der Waals surface area contributed by atoms with E-state index >= 15 is 0 Å². The summed E-state index contributed by atoms with van der Waals surface area (Å²) in [5, 5.41) is 9.76. The molecule has 0 unspecified atom stereocenters. The van der Waals surface area contributed by atoms with E-state index in [0.717, 1.165) is 5.76 Å². The molecule has 128 valence electrons. The number of benzene rings is 1. The molecule has 0 atom stereocenters. The molecule has 0 aliphatic heterocycles. The number of hydrogen-bond acceptors (Lipinski definition) is 3. The third kappa shape index (κ3) is 5.47. The van der Waals surface area contributed by atoms with Crippen LogP contribution in [0.25, 0.3) is 0 Å². The smallest absolute Gasteiger partial charge is 0.251 e. The second-order valence-electron chi connectivity index (χ2n) is 4.82. The van der Waals surface area contributed by atoms with Gasteiger partial charge in [-0.15, -0.1) is 0 Å². The molecule has 0 fully saturated rings. The van der Waals surface area contributed by atoms with Crippen molar-refractivity contribution in [3.05, 3.63) is 58.0 Å². The fraction of sp³-hybridized carbons (Fsp3) is 0.250. The van der Waals surface area contributed by atoms with Crippen molar-refractivity contribution in [2.24, 2.45) is 4.99 Å². The molecule has 0 bridgehead atoms. The van der Waals surface area contributed by atoms with E-state index in [0.29, 0.717) is 41.2 Å². The lowest BCUT2D eigenvalue weighted by Crippen LogP contribution is -2.41. The second-order valence-corrected chi connectivity index (χ2v) is 5.63. The molecular weight excluding hydrogens is 351 g/mol. The fourth-order valence-corrected chi connectivity index (χ4v) is 2.20. The average molecular weight is 369 g/mol. The van der Waals surface area contributed by atoms with Crippen LogP contribution < -0.4 is 16.0 Å². The molecule has 0 aliphatic rings. The number of furan rings is 1. The Kier molecular flexibility index (Phi) is 6.96. The molecule has 8 heteroatoms. The van der Waals surface area contributed by atoms with E-state index < -0.39 is 0 Å². The quantitative estimate of drug-likeness (QED) is 0.416. The Labute approximate surface area is 150 Å². The fourth-order valence-electron chi connectivity index (χ4n) is 1.90. The molecule has 0 radical (unpaired) electrons. The SMILES string of the molecule is CN=C(NCCNC(=O)c1ccc(Cl)c(Cl)c1)NCc1ccco1. The lowest BCUT2D eigenvalue weighted by Gasteiger charge is -2.11. The number of halogens is 2. The summed E-state index contributed by atoms with van der Waals surface area (Å²) in [6.07, 6.45) is 1.62. The predicted octanol–water partition coefficient (Wildman–Crippen LogP) is 2.68. The molecular formula is C16H18Cl2N4O2. The van der Waals surface area contributed by atoms with Gasteiger partial charge in [0.2, 0.25) is 0 Å². The summed E-state index contributed by atoms with van der Waals surface area (Å²) in [6, 6.07) is 8.46. The lowest BCUT2D eigenvalue weighted by atomic mass is 10.2. The first-order chi connectivity index (χ1) is 11.6. The number of guanidine groups is 1. The number of hydrogen-bond donors (Lipinski definition) is 3. The van der Waals surface area contributed by atoms with Gasteiger partial charge in [0.25, 0.3) is 5.91 Å². The van der Waals surface area contributed by atoms with Crippen molar-refractivity contribution in [2.75, 3.05) is 20.1 Å². The first-order valence-corrected chi connectivity index (χ1v) is 8.06. The summed E-state index contributed by atoms with van der Waals surface area (Å²) in [5.74, 6) is 1.22. The molecule has 0 saturated heterocycles. The Bertz CT molecular complexity index is 702. The van der Waals surface area contributed by atoms with Gasteiger partial charge < -0.3 is 20.4 Å². The summed E-state index contributed by atoms with van der Waals surface area (Å²) in [7, 11) is 1.67. The zero-order valence-electron chi connectivity index (χ0n) is 13.1. The van der Waals surface area contributed by atoms with Crippen LogP contribution in [0.1, 0.15) is 16.1 Å². The first-order valence-electron chi connectivity index (χ1n) is 7.30. The van der Waals surface area contributed by atoms with Crippen LogP contribution in [0, 0.1) is 0 Å². The van der Waals surface area contributed by atoms with Gasteiger partial charge in [0.15, 0.2) is 5.96 Å². The molecule has 1 aromatic carbocycles. The van der Waals surface area contributed by atoms with Gasteiger partial charge in [-0.1, -0.05) is 23.2 Å². The second kappa shape index (κ2) is 9.20. The molecule has 1 heterocycles. The van der Waals surface area contributed by atoms with Gasteiger partial charge in [-0.25, -0.2) is 0 Å². The summed E-state index contributed by atoms with van der Waals surface area (Å²) in [5.41, 5.74) is 0.463. The highest BCUT2D eigenvalue weighted by molar-refractivity contribution is 6.42. The van der Waals surface area contributed by atoms with Crippen LogP contribution in [0.3, 0.4) is 0 Å². The van der Waals surface area contributed by atoms with E-state index in [1.165, 1.54) is 6.07 Å². The third-order valence-corrected chi connectivity index (χ3v) is 3.86. The van der Waals surface area contributed by atoms with Crippen LogP contribution in [0.5, 0.6) is 0 Å².